The van der Waals surface area contributed by atoms with E-state index < -0.39 is 0 Å². The van der Waals surface area contributed by atoms with Gasteiger partial charge in [0.15, 0.2) is 0 Å². The minimum absolute atomic E-state index is 0.0631. The molecule has 0 saturated carbocycles. The normalized spacial score (nSPS) is 16.6. The fourth-order valence-electron chi connectivity index (χ4n) is 1.86. The molecule has 0 spiro atoms. The van der Waals surface area contributed by atoms with Crippen LogP contribution in [0.1, 0.15) is 6.92 Å². The zero-order valence-electron chi connectivity index (χ0n) is 11.1. The van der Waals surface area contributed by atoms with Crippen LogP contribution in [-0.4, -0.2) is 45.9 Å². The Labute approximate surface area is 119 Å². The van der Waals surface area contributed by atoms with Crippen LogP contribution in [0.5, 0.6) is 0 Å². The van der Waals surface area contributed by atoms with E-state index in [1.807, 2.05) is 17.5 Å². The van der Waals surface area contributed by atoms with Gasteiger partial charge < -0.3 is 10.1 Å². The number of hydrogen-bond acceptors (Lipinski definition) is 6. The Hall–Kier alpha value is -1.80. The van der Waals surface area contributed by atoms with Crippen LogP contribution < -0.4 is 5.32 Å². The summed E-state index contributed by atoms with van der Waals surface area (Å²) in [6, 6.07) is 3.85. The van der Waals surface area contributed by atoms with Crippen molar-refractivity contribution in [2.24, 2.45) is 5.41 Å². The Morgan fingerprint density at radius 3 is 3.10 bits per heavy atom. The molecule has 8 heteroatoms. The van der Waals surface area contributed by atoms with Crippen LogP contribution >= 0.6 is 11.3 Å². The first-order valence-corrected chi connectivity index (χ1v) is 7.19. The van der Waals surface area contributed by atoms with E-state index in [-0.39, 0.29) is 17.9 Å². The summed E-state index contributed by atoms with van der Waals surface area (Å²) < 4.78 is 5.14. The highest BCUT2D eigenvalue weighted by molar-refractivity contribution is 7.13. The van der Waals surface area contributed by atoms with Crippen molar-refractivity contribution in [3.05, 3.63) is 17.5 Å². The molecule has 1 aliphatic heterocycles. The lowest BCUT2D eigenvalue weighted by Gasteiger charge is -2.37. The summed E-state index contributed by atoms with van der Waals surface area (Å²) in [4.78, 5) is 14.1. The van der Waals surface area contributed by atoms with Gasteiger partial charge in [-0.15, -0.1) is 21.5 Å². The summed E-state index contributed by atoms with van der Waals surface area (Å²) in [5.74, 6) is 0.431. The topological polar surface area (TPSA) is 81.9 Å². The molecule has 1 fully saturated rings. The molecule has 1 aliphatic rings. The van der Waals surface area contributed by atoms with Crippen LogP contribution in [0, 0.1) is 5.41 Å². The van der Waals surface area contributed by atoms with Gasteiger partial charge in [-0.1, -0.05) is 13.0 Å². The predicted octanol–water partition coefficient (Wildman–Crippen LogP) is 0.554. The maximum absolute atomic E-state index is 11.8. The first-order valence-electron chi connectivity index (χ1n) is 6.31. The quantitative estimate of drug-likeness (QED) is 0.871. The SMILES string of the molecule is CC1(CNC(=O)Cn2nnc(-c3cccs3)n2)COC1. The summed E-state index contributed by atoms with van der Waals surface area (Å²) >= 11 is 1.54. The maximum atomic E-state index is 11.8. The number of tetrazole rings is 1. The van der Waals surface area contributed by atoms with E-state index >= 15 is 0 Å². The van der Waals surface area contributed by atoms with Crippen LogP contribution in [0.2, 0.25) is 0 Å². The fourth-order valence-corrected chi connectivity index (χ4v) is 2.51. The van der Waals surface area contributed by atoms with Crippen molar-refractivity contribution in [2.45, 2.75) is 13.5 Å². The van der Waals surface area contributed by atoms with Gasteiger partial charge in [0.05, 0.1) is 18.1 Å². The summed E-state index contributed by atoms with van der Waals surface area (Å²) in [5.41, 5.74) is 0.0631. The molecule has 1 N–H and O–H groups in total. The highest BCUT2D eigenvalue weighted by Crippen LogP contribution is 2.25. The van der Waals surface area contributed by atoms with Gasteiger partial charge in [0.1, 0.15) is 6.54 Å². The Balaban J connectivity index is 1.54. The average Bonchev–Trinajstić information content (AvgIpc) is 3.04. The summed E-state index contributed by atoms with van der Waals surface area (Å²) in [6.07, 6.45) is 0. The zero-order valence-corrected chi connectivity index (χ0v) is 11.9. The Bertz CT molecular complexity index is 591. The van der Waals surface area contributed by atoms with Crippen LogP contribution in [0.4, 0.5) is 0 Å². The van der Waals surface area contributed by atoms with Crippen molar-refractivity contribution in [3.8, 4) is 10.7 Å². The van der Waals surface area contributed by atoms with Gasteiger partial charge in [0, 0.05) is 12.0 Å². The molecule has 3 heterocycles. The van der Waals surface area contributed by atoms with Gasteiger partial charge in [-0.2, -0.15) is 4.80 Å². The Morgan fingerprint density at radius 1 is 1.60 bits per heavy atom. The van der Waals surface area contributed by atoms with E-state index in [1.54, 1.807) is 0 Å². The first kappa shape index (κ1) is 13.2. The first-order chi connectivity index (χ1) is 9.65. The summed E-state index contributed by atoms with van der Waals surface area (Å²) in [5, 5.41) is 16.8. The molecule has 1 saturated heterocycles. The van der Waals surface area contributed by atoms with Gasteiger partial charge >= 0.3 is 0 Å². The Kier molecular flexibility index (Phi) is 3.49. The second-order valence-corrected chi connectivity index (χ2v) is 6.15. The lowest BCUT2D eigenvalue weighted by molar-refractivity contribution is -0.127. The molecule has 3 rings (SSSR count). The van der Waals surface area contributed by atoms with Crippen molar-refractivity contribution in [1.29, 1.82) is 0 Å². The molecular weight excluding hydrogens is 278 g/mol. The summed E-state index contributed by atoms with van der Waals surface area (Å²) in [7, 11) is 0. The number of rotatable bonds is 5. The number of hydrogen-bond donors (Lipinski definition) is 1. The lowest BCUT2D eigenvalue weighted by atomic mass is 9.89. The van der Waals surface area contributed by atoms with E-state index in [0.717, 1.165) is 4.88 Å². The third-order valence-electron chi connectivity index (χ3n) is 3.09. The molecule has 0 aromatic carbocycles. The third kappa shape index (κ3) is 2.86. The number of nitrogens with one attached hydrogen (secondary N) is 1. The van der Waals surface area contributed by atoms with Crippen molar-refractivity contribution in [3.63, 3.8) is 0 Å². The molecule has 1 amide bonds. The number of thiophene rings is 1. The van der Waals surface area contributed by atoms with E-state index in [4.69, 9.17) is 4.74 Å². The molecule has 2 aromatic rings. The average molecular weight is 293 g/mol. The van der Waals surface area contributed by atoms with Crippen LogP contribution in [0.15, 0.2) is 17.5 Å². The van der Waals surface area contributed by atoms with Crippen LogP contribution in [0.25, 0.3) is 10.7 Å². The van der Waals surface area contributed by atoms with Gasteiger partial charge in [-0.05, 0) is 16.7 Å². The minimum Gasteiger partial charge on any atom is -0.380 e. The van der Waals surface area contributed by atoms with Crippen molar-refractivity contribution in [1.82, 2.24) is 25.5 Å². The van der Waals surface area contributed by atoms with E-state index in [0.29, 0.717) is 25.6 Å². The second kappa shape index (κ2) is 5.29. The van der Waals surface area contributed by atoms with Crippen molar-refractivity contribution >= 4 is 17.2 Å². The van der Waals surface area contributed by atoms with Gasteiger partial charge in [0.25, 0.3) is 0 Å². The maximum Gasteiger partial charge on any atom is 0.243 e. The molecule has 106 valence electrons. The van der Waals surface area contributed by atoms with Crippen molar-refractivity contribution < 1.29 is 9.53 Å². The number of ether oxygens (including phenoxy) is 1. The zero-order chi connectivity index (χ0) is 14.0. The number of carbonyl (C=O) groups is 1. The Morgan fingerprint density at radius 2 is 2.45 bits per heavy atom. The van der Waals surface area contributed by atoms with E-state index in [2.05, 4.69) is 27.7 Å². The number of nitrogens with zero attached hydrogens (tertiary/aromatic N) is 4. The van der Waals surface area contributed by atoms with Crippen molar-refractivity contribution in [2.75, 3.05) is 19.8 Å². The molecule has 2 aromatic heterocycles. The number of amides is 1. The summed E-state index contributed by atoms with van der Waals surface area (Å²) in [6.45, 7) is 4.15. The molecule has 0 radical (unpaired) electrons. The lowest BCUT2D eigenvalue weighted by Crippen LogP contribution is -2.49. The number of carbonyl (C=O) groups excluding carboxylic acids is 1. The van der Waals surface area contributed by atoms with Gasteiger partial charge in [-0.3, -0.25) is 4.79 Å². The molecule has 20 heavy (non-hydrogen) atoms. The van der Waals surface area contributed by atoms with Gasteiger partial charge in [0.2, 0.25) is 11.7 Å². The van der Waals surface area contributed by atoms with Gasteiger partial charge in [-0.25, -0.2) is 0 Å². The molecular formula is C12H15N5O2S. The highest BCUT2D eigenvalue weighted by Gasteiger charge is 2.33. The predicted molar refractivity (Wildman–Crippen MR) is 73.1 cm³/mol. The molecule has 0 aliphatic carbocycles. The van der Waals surface area contributed by atoms with Crippen LogP contribution in [-0.2, 0) is 16.1 Å². The standard InChI is InChI=1S/C12H15N5O2S/c1-12(7-19-8-12)6-13-10(18)5-17-15-11(14-16-17)9-3-2-4-20-9/h2-4H,5-8H2,1H3,(H,13,18). The monoisotopic (exact) mass is 293 g/mol. The minimum atomic E-state index is -0.117. The second-order valence-electron chi connectivity index (χ2n) is 5.20. The smallest absolute Gasteiger partial charge is 0.243 e. The largest absolute Gasteiger partial charge is 0.380 e. The molecule has 0 unspecified atom stereocenters. The highest BCUT2D eigenvalue weighted by atomic mass is 32.1. The third-order valence-corrected chi connectivity index (χ3v) is 3.96. The fraction of sp³-hybridized carbons (Fsp3) is 0.500. The molecule has 0 bridgehead atoms. The van der Waals surface area contributed by atoms with Crippen LogP contribution in [0.3, 0.4) is 0 Å². The molecule has 0 atom stereocenters. The van der Waals surface area contributed by atoms with E-state index in [1.165, 1.54) is 16.1 Å². The van der Waals surface area contributed by atoms with E-state index in [9.17, 15) is 4.79 Å². The number of aromatic nitrogens is 4. The molecule has 7 nitrogen and oxygen atoms in total.